The van der Waals surface area contributed by atoms with Gasteiger partial charge in [-0.15, -0.1) is 0 Å². The van der Waals surface area contributed by atoms with E-state index in [2.05, 4.69) is 25.2 Å². The second kappa shape index (κ2) is 4.28. The average Bonchev–Trinajstić information content (AvgIpc) is 2.56. The summed E-state index contributed by atoms with van der Waals surface area (Å²) >= 11 is 0. The highest BCUT2D eigenvalue weighted by Crippen LogP contribution is 2.40. The lowest BCUT2D eigenvalue weighted by Crippen LogP contribution is -2.18. The summed E-state index contributed by atoms with van der Waals surface area (Å²) in [6, 6.07) is 6.17. The van der Waals surface area contributed by atoms with E-state index in [-0.39, 0.29) is 11.8 Å². The van der Waals surface area contributed by atoms with Crippen LogP contribution < -0.4 is 5.32 Å². The average molecular weight is 217 g/mol. The van der Waals surface area contributed by atoms with Crippen molar-refractivity contribution < 1.29 is 4.79 Å². The topological polar surface area (TPSA) is 29.1 Å². The number of fused-ring (bicyclic) bond motifs is 1. The summed E-state index contributed by atoms with van der Waals surface area (Å²) in [7, 11) is 0. The molecule has 2 unspecified atom stereocenters. The molecule has 1 aromatic rings. The molecule has 2 heteroatoms. The molecule has 1 heterocycles. The van der Waals surface area contributed by atoms with Gasteiger partial charge in [-0.3, -0.25) is 4.79 Å². The Morgan fingerprint density at radius 2 is 2.19 bits per heavy atom. The van der Waals surface area contributed by atoms with Crippen molar-refractivity contribution >= 4 is 11.6 Å². The molecule has 0 fully saturated rings. The fraction of sp³-hybridized carbons (Fsp3) is 0.500. The Hall–Kier alpha value is -1.31. The summed E-state index contributed by atoms with van der Waals surface area (Å²) < 4.78 is 0. The van der Waals surface area contributed by atoms with Crippen molar-refractivity contribution in [3.63, 3.8) is 0 Å². The first-order valence-electron chi connectivity index (χ1n) is 6.05. The number of nitrogens with one attached hydrogen (secondary N) is 1. The van der Waals surface area contributed by atoms with Gasteiger partial charge in [0.1, 0.15) is 0 Å². The van der Waals surface area contributed by atoms with Crippen LogP contribution in [0.5, 0.6) is 0 Å². The molecule has 0 bridgehead atoms. The Labute approximate surface area is 97.1 Å². The van der Waals surface area contributed by atoms with E-state index in [0.717, 1.165) is 24.1 Å². The summed E-state index contributed by atoms with van der Waals surface area (Å²) in [5.41, 5.74) is 3.39. The minimum atomic E-state index is 0.0508. The number of aryl methyl sites for hydroxylation is 1. The zero-order chi connectivity index (χ0) is 11.7. The number of anilines is 1. The molecule has 2 atom stereocenters. The van der Waals surface area contributed by atoms with E-state index in [9.17, 15) is 4.79 Å². The normalized spacial score (nSPS) is 20.4. The van der Waals surface area contributed by atoms with E-state index in [0.29, 0.717) is 5.92 Å². The van der Waals surface area contributed by atoms with Crippen molar-refractivity contribution in [3.8, 4) is 0 Å². The van der Waals surface area contributed by atoms with Crippen LogP contribution in [0.1, 0.15) is 43.7 Å². The number of para-hydroxylation sites is 1. The van der Waals surface area contributed by atoms with Crippen LogP contribution >= 0.6 is 0 Å². The quantitative estimate of drug-likeness (QED) is 0.825. The maximum atomic E-state index is 12.0. The molecular weight excluding hydrogens is 198 g/mol. The Bertz CT molecular complexity index is 411. The molecule has 1 aliphatic heterocycles. The summed E-state index contributed by atoms with van der Waals surface area (Å²) in [5, 5.41) is 3.02. The number of hydrogen-bond donors (Lipinski definition) is 1. The highest BCUT2D eigenvalue weighted by Gasteiger charge is 2.34. The van der Waals surface area contributed by atoms with E-state index < -0.39 is 0 Å². The zero-order valence-electron chi connectivity index (χ0n) is 10.2. The van der Waals surface area contributed by atoms with Crippen LogP contribution in [0.3, 0.4) is 0 Å². The Balaban J connectivity index is 2.36. The molecule has 1 aliphatic rings. The smallest absolute Gasteiger partial charge is 0.232 e. The van der Waals surface area contributed by atoms with Crippen molar-refractivity contribution in [2.45, 2.75) is 39.5 Å². The third-order valence-electron chi connectivity index (χ3n) is 3.48. The van der Waals surface area contributed by atoms with E-state index >= 15 is 0 Å². The molecule has 0 radical (unpaired) electrons. The molecule has 0 aliphatic carbocycles. The van der Waals surface area contributed by atoms with E-state index in [4.69, 9.17) is 0 Å². The van der Waals surface area contributed by atoms with Gasteiger partial charge >= 0.3 is 0 Å². The van der Waals surface area contributed by atoms with Gasteiger partial charge in [0.25, 0.3) is 0 Å². The van der Waals surface area contributed by atoms with Gasteiger partial charge in [-0.25, -0.2) is 0 Å². The number of carbonyl (C=O) groups is 1. The van der Waals surface area contributed by atoms with E-state index in [1.54, 1.807) is 0 Å². The molecule has 1 amide bonds. The summed E-state index contributed by atoms with van der Waals surface area (Å²) in [6.45, 7) is 6.39. The molecule has 86 valence electrons. The van der Waals surface area contributed by atoms with E-state index in [1.807, 2.05) is 19.1 Å². The lowest BCUT2D eigenvalue weighted by molar-refractivity contribution is -0.118. The van der Waals surface area contributed by atoms with Gasteiger partial charge in [-0.1, -0.05) is 38.5 Å². The molecule has 1 N–H and O–H groups in total. The van der Waals surface area contributed by atoms with Gasteiger partial charge in [0.15, 0.2) is 0 Å². The molecule has 2 rings (SSSR count). The van der Waals surface area contributed by atoms with Crippen LogP contribution in [0.15, 0.2) is 18.2 Å². The molecule has 0 aromatic heterocycles. The van der Waals surface area contributed by atoms with Crippen LogP contribution in [-0.4, -0.2) is 5.91 Å². The molecule has 0 saturated carbocycles. The predicted octanol–water partition coefficient (Wildman–Crippen LogP) is 3.47. The first kappa shape index (κ1) is 11.2. The Morgan fingerprint density at radius 3 is 2.88 bits per heavy atom. The van der Waals surface area contributed by atoms with Crippen molar-refractivity contribution in [2.75, 3.05) is 5.32 Å². The summed E-state index contributed by atoms with van der Waals surface area (Å²) in [6.07, 6.45) is 2.23. The van der Waals surface area contributed by atoms with Crippen molar-refractivity contribution in [3.05, 3.63) is 29.3 Å². The zero-order valence-corrected chi connectivity index (χ0v) is 10.2. The monoisotopic (exact) mass is 217 g/mol. The van der Waals surface area contributed by atoms with Gasteiger partial charge < -0.3 is 5.32 Å². The Kier molecular flexibility index (Phi) is 2.99. The predicted molar refractivity (Wildman–Crippen MR) is 66.6 cm³/mol. The van der Waals surface area contributed by atoms with Gasteiger partial charge in [-0.2, -0.15) is 0 Å². The summed E-state index contributed by atoms with van der Waals surface area (Å²) in [5.74, 6) is 0.646. The maximum absolute atomic E-state index is 12.0. The third-order valence-corrected chi connectivity index (χ3v) is 3.48. The van der Waals surface area contributed by atoms with Crippen LogP contribution in [-0.2, 0) is 4.79 Å². The molecule has 2 nitrogen and oxygen atoms in total. The number of benzene rings is 1. The second-order valence-electron chi connectivity index (χ2n) is 4.77. The lowest BCUT2D eigenvalue weighted by Gasteiger charge is -2.17. The molecule has 1 aromatic carbocycles. The first-order chi connectivity index (χ1) is 7.65. The lowest BCUT2D eigenvalue weighted by atomic mass is 9.85. The largest absolute Gasteiger partial charge is 0.325 e. The van der Waals surface area contributed by atoms with Crippen molar-refractivity contribution in [1.29, 1.82) is 0 Å². The van der Waals surface area contributed by atoms with Gasteiger partial charge in [-0.05, 0) is 30.4 Å². The fourth-order valence-corrected chi connectivity index (χ4v) is 2.65. The number of rotatable bonds is 3. The molecule has 0 spiro atoms. The van der Waals surface area contributed by atoms with Crippen molar-refractivity contribution in [1.82, 2.24) is 0 Å². The first-order valence-corrected chi connectivity index (χ1v) is 6.05. The van der Waals surface area contributed by atoms with Gasteiger partial charge in [0, 0.05) is 5.69 Å². The van der Waals surface area contributed by atoms with Gasteiger partial charge in [0.05, 0.1) is 5.92 Å². The molecular formula is C14H19NO. The van der Waals surface area contributed by atoms with Crippen LogP contribution in [0.2, 0.25) is 0 Å². The van der Waals surface area contributed by atoms with Crippen LogP contribution in [0.25, 0.3) is 0 Å². The SMILES string of the molecule is CCCC(C)C1C(=O)Nc2c(C)cccc21. The standard InChI is InChI=1S/C14H19NO/c1-4-6-9(2)12-11-8-5-7-10(3)13(11)15-14(12)16/h5,7-9,12H,4,6H2,1-3H3,(H,15,16). The minimum absolute atomic E-state index is 0.0508. The summed E-state index contributed by atoms with van der Waals surface area (Å²) in [4.78, 5) is 12.0. The van der Waals surface area contributed by atoms with Crippen molar-refractivity contribution in [2.24, 2.45) is 5.92 Å². The highest BCUT2D eigenvalue weighted by atomic mass is 16.2. The van der Waals surface area contributed by atoms with Crippen LogP contribution in [0, 0.1) is 12.8 Å². The van der Waals surface area contributed by atoms with Crippen LogP contribution in [0.4, 0.5) is 5.69 Å². The minimum Gasteiger partial charge on any atom is -0.325 e. The highest BCUT2D eigenvalue weighted by molar-refractivity contribution is 6.03. The van der Waals surface area contributed by atoms with Gasteiger partial charge in [0.2, 0.25) is 5.91 Å². The second-order valence-corrected chi connectivity index (χ2v) is 4.77. The number of carbonyl (C=O) groups excluding carboxylic acids is 1. The maximum Gasteiger partial charge on any atom is 0.232 e. The Morgan fingerprint density at radius 1 is 1.44 bits per heavy atom. The third kappa shape index (κ3) is 1.73. The number of hydrogen-bond acceptors (Lipinski definition) is 1. The van der Waals surface area contributed by atoms with E-state index in [1.165, 1.54) is 5.56 Å². The number of amides is 1. The fourth-order valence-electron chi connectivity index (χ4n) is 2.65. The molecule has 16 heavy (non-hydrogen) atoms. The molecule has 0 saturated heterocycles.